The predicted octanol–water partition coefficient (Wildman–Crippen LogP) is 1.27. The van der Waals surface area contributed by atoms with Gasteiger partial charge in [0.25, 0.3) is 5.56 Å². The molecule has 0 spiro atoms. The van der Waals surface area contributed by atoms with Gasteiger partial charge in [-0.05, 0) is 38.6 Å². The highest BCUT2D eigenvalue weighted by Crippen LogP contribution is 2.42. The van der Waals surface area contributed by atoms with Crippen LogP contribution in [0, 0.1) is 18.7 Å². The van der Waals surface area contributed by atoms with Crippen LogP contribution >= 0.6 is 0 Å². The molecule has 2 heterocycles. The van der Waals surface area contributed by atoms with E-state index in [1.807, 2.05) is 4.90 Å². The lowest BCUT2D eigenvalue weighted by molar-refractivity contribution is 0.391. The average molecular weight is 362 g/mol. The summed E-state index contributed by atoms with van der Waals surface area (Å²) in [5, 5.41) is 0.104. The summed E-state index contributed by atoms with van der Waals surface area (Å²) in [6, 6.07) is 0.0407. The second-order valence-corrected chi connectivity index (χ2v) is 7.24. The van der Waals surface area contributed by atoms with Gasteiger partial charge in [-0.1, -0.05) is 0 Å². The standard InChI is InChI=1S/C18H23FN4O3/c1-9-14-12(17(24)21-18(25)23(14)11-3-4-11)16(26-2)13(19)15(9)22-6-5-10(7-20)8-22/h10-11H,3-8,20H2,1-2H3,(H,21,24,25). The van der Waals surface area contributed by atoms with E-state index in [9.17, 15) is 9.59 Å². The maximum absolute atomic E-state index is 15.3. The molecule has 2 fully saturated rings. The second kappa shape index (κ2) is 6.12. The van der Waals surface area contributed by atoms with Crippen LogP contribution in [0.4, 0.5) is 10.1 Å². The maximum atomic E-state index is 15.3. The van der Waals surface area contributed by atoms with Gasteiger partial charge in [-0.25, -0.2) is 9.18 Å². The van der Waals surface area contributed by atoms with Crippen molar-refractivity contribution in [3.8, 4) is 5.75 Å². The highest BCUT2D eigenvalue weighted by Gasteiger charge is 2.33. The Labute approximate surface area is 149 Å². The summed E-state index contributed by atoms with van der Waals surface area (Å²) in [5.41, 5.74) is 6.19. The molecule has 7 nitrogen and oxygen atoms in total. The van der Waals surface area contributed by atoms with Crippen LogP contribution in [0.2, 0.25) is 0 Å². The van der Waals surface area contributed by atoms with Crippen LogP contribution in [0.5, 0.6) is 5.75 Å². The molecule has 2 aliphatic rings. The van der Waals surface area contributed by atoms with Gasteiger partial charge in [-0.15, -0.1) is 0 Å². The van der Waals surface area contributed by atoms with Crippen LogP contribution < -0.4 is 26.6 Å². The van der Waals surface area contributed by atoms with Crippen molar-refractivity contribution < 1.29 is 9.13 Å². The largest absolute Gasteiger partial charge is 0.493 e. The van der Waals surface area contributed by atoms with Gasteiger partial charge >= 0.3 is 5.69 Å². The first kappa shape index (κ1) is 17.1. The number of hydrogen-bond donors (Lipinski definition) is 2. The summed E-state index contributed by atoms with van der Waals surface area (Å²) >= 11 is 0. The van der Waals surface area contributed by atoms with Crippen molar-refractivity contribution in [1.29, 1.82) is 0 Å². The van der Waals surface area contributed by atoms with Gasteiger partial charge in [0.05, 0.1) is 18.3 Å². The van der Waals surface area contributed by atoms with Gasteiger partial charge in [-0.2, -0.15) is 0 Å². The highest BCUT2D eigenvalue weighted by molar-refractivity contribution is 5.93. The topological polar surface area (TPSA) is 93.3 Å². The van der Waals surface area contributed by atoms with Crippen molar-refractivity contribution in [3.63, 3.8) is 0 Å². The molecule has 8 heteroatoms. The normalized spacial score (nSPS) is 20.2. The molecule has 1 saturated carbocycles. The van der Waals surface area contributed by atoms with Crippen LogP contribution in [-0.4, -0.2) is 36.3 Å². The van der Waals surface area contributed by atoms with E-state index in [1.54, 1.807) is 11.5 Å². The van der Waals surface area contributed by atoms with E-state index in [0.717, 1.165) is 19.3 Å². The van der Waals surface area contributed by atoms with E-state index < -0.39 is 17.1 Å². The number of rotatable bonds is 4. The number of halogens is 1. The summed E-state index contributed by atoms with van der Waals surface area (Å²) in [6.07, 6.45) is 2.63. The number of ether oxygens (including phenoxy) is 1. The van der Waals surface area contributed by atoms with Gasteiger partial charge in [0.2, 0.25) is 0 Å². The third-order valence-electron chi connectivity index (χ3n) is 5.54. The van der Waals surface area contributed by atoms with Gasteiger partial charge in [0.15, 0.2) is 11.6 Å². The third kappa shape index (κ3) is 2.43. The Hall–Kier alpha value is -2.35. The molecule has 3 N–H and O–H groups in total. The average Bonchev–Trinajstić information content (AvgIpc) is 3.33. The predicted molar refractivity (Wildman–Crippen MR) is 97.7 cm³/mol. The van der Waals surface area contributed by atoms with Crippen LogP contribution in [0.15, 0.2) is 9.59 Å². The van der Waals surface area contributed by atoms with E-state index in [0.29, 0.717) is 42.3 Å². The fraction of sp³-hybridized carbons (Fsp3) is 0.556. The summed E-state index contributed by atoms with van der Waals surface area (Å²) in [7, 11) is 1.34. The Morgan fingerprint density at radius 3 is 2.62 bits per heavy atom. The maximum Gasteiger partial charge on any atom is 0.329 e. The number of hydrogen-bond acceptors (Lipinski definition) is 5. The SMILES string of the molecule is COc1c(F)c(N2CCC(CN)C2)c(C)c2c1c(=O)[nH]c(=O)n2C1CC1. The first-order valence-corrected chi connectivity index (χ1v) is 8.97. The Balaban J connectivity index is 2.06. The van der Waals surface area contributed by atoms with E-state index in [1.165, 1.54) is 7.11 Å². The first-order valence-electron chi connectivity index (χ1n) is 8.97. The van der Waals surface area contributed by atoms with Gasteiger partial charge in [-0.3, -0.25) is 14.3 Å². The number of H-pyrrole nitrogens is 1. The lowest BCUT2D eigenvalue weighted by atomic mass is 10.1. The molecule has 1 aromatic carbocycles. The van der Waals surface area contributed by atoms with E-state index in [-0.39, 0.29) is 17.2 Å². The smallest absolute Gasteiger partial charge is 0.329 e. The summed E-state index contributed by atoms with van der Waals surface area (Å²) in [6.45, 7) is 3.66. The monoisotopic (exact) mass is 362 g/mol. The number of nitrogens with one attached hydrogen (secondary N) is 1. The Morgan fingerprint density at radius 1 is 1.31 bits per heavy atom. The third-order valence-corrected chi connectivity index (χ3v) is 5.54. The summed E-state index contributed by atoms with van der Waals surface area (Å²) in [5.74, 6) is -0.352. The van der Waals surface area contributed by atoms with Crippen molar-refractivity contribution in [3.05, 3.63) is 32.2 Å². The van der Waals surface area contributed by atoms with Gasteiger partial charge < -0.3 is 15.4 Å². The van der Waals surface area contributed by atoms with Crippen molar-refractivity contribution in [2.75, 3.05) is 31.6 Å². The number of anilines is 1. The molecule has 26 heavy (non-hydrogen) atoms. The molecule has 0 radical (unpaired) electrons. The zero-order chi connectivity index (χ0) is 18.6. The lowest BCUT2D eigenvalue weighted by Gasteiger charge is -2.25. The first-order chi connectivity index (χ1) is 12.5. The molecule has 1 saturated heterocycles. The van der Waals surface area contributed by atoms with Crippen molar-refractivity contribution in [1.82, 2.24) is 9.55 Å². The Bertz CT molecular complexity index is 993. The van der Waals surface area contributed by atoms with Crippen molar-refractivity contribution in [2.24, 2.45) is 11.7 Å². The molecule has 2 aromatic rings. The minimum atomic E-state index is -0.617. The fourth-order valence-electron chi connectivity index (χ4n) is 4.10. The molecule has 1 aromatic heterocycles. The number of aromatic amines is 1. The van der Waals surface area contributed by atoms with Crippen molar-refractivity contribution in [2.45, 2.75) is 32.2 Å². The molecule has 140 valence electrons. The molecule has 1 unspecified atom stereocenters. The fourth-order valence-corrected chi connectivity index (χ4v) is 4.10. The molecular formula is C18H23FN4O3. The molecule has 4 rings (SSSR count). The van der Waals surface area contributed by atoms with Gasteiger partial charge in [0, 0.05) is 24.7 Å². The Morgan fingerprint density at radius 2 is 2.04 bits per heavy atom. The minimum Gasteiger partial charge on any atom is -0.493 e. The molecular weight excluding hydrogens is 339 g/mol. The summed E-state index contributed by atoms with van der Waals surface area (Å²) in [4.78, 5) is 29.2. The van der Waals surface area contributed by atoms with Gasteiger partial charge in [0.1, 0.15) is 5.39 Å². The van der Waals surface area contributed by atoms with Crippen molar-refractivity contribution >= 4 is 16.6 Å². The molecule has 1 aliphatic carbocycles. The highest BCUT2D eigenvalue weighted by atomic mass is 19.1. The number of aromatic nitrogens is 2. The van der Waals surface area contributed by atoms with Crippen LogP contribution in [0.25, 0.3) is 10.9 Å². The number of aryl methyl sites for hydroxylation is 1. The van der Waals surface area contributed by atoms with E-state index >= 15 is 4.39 Å². The van der Waals surface area contributed by atoms with Crippen LogP contribution in [-0.2, 0) is 0 Å². The van der Waals surface area contributed by atoms with Crippen LogP contribution in [0.1, 0.15) is 30.9 Å². The lowest BCUT2D eigenvalue weighted by Crippen LogP contribution is -2.32. The number of benzene rings is 1. The number of nitrogens with zero attached hydrogens (tertiary/aromatic N) is 2. The molecule has 0 amide bonds. The quantitative estimate of drug-likeness (QED) is 0.854. The van der Waals surface area contributed by atoms with Crippen LogP contribution in [0.3, 0.4) is 0 Å². The molecule has 1 atom stereocenters. The second-order valence-electron chi connectivity index (χ2n) is 7.24. The zero-order valence-electron chi connectivity index (χ0n) is 15.0. The number of fused-ring (bicyclic) bond motifs is 1. The number of nitrogens with two attached hydrogens (primary N) is 1. The zero-order valence-corrected chi connectivity index (χ0v) is 15.0. The van der Waals surface area contributed by atoms with E-state index in [2.05, 4.69) is 4.98 Å². The number of methoxy groups -OCH3 is 1. The molecule has 1 aliphatic heterocycles. The van der Waals surface area contributed by atoms with E-state index in [4.69, 9.17) is 10.5 Å². The Kier molecular flexibility index (Phi) is 4.02. The summed E-state index contributed by atoms with van der Waals surface area (Å²) < 4.78 is 22.2. The molecule has 0 bridgehead atoms. The minimum absolute atomic E-state index is 0.0407.